The zero-order valence-corrected chi connectivity index (χ0v) is 16.9. The van der Waals surface area contributed by atoms with Crippen LogP contribution in [0.2, 0.25) is 0 Å². The van der Waals surface area contributed by atoms with E-state index in [2.05, 4.69) is 32.0 Å². The smallest absolute Gasteiger partial charge is 0.237 e. The largest absolute Gasteiger partial charge is 0.314 e. The first-order valence-corrected chi connectivity index (χ1v) is 10.1. The molecule has 1 unspecified atom stereocenters. The van der Waals surface area contributed by atoms with E-state index in [1.165, 1.54) is 18.3 Å². The molecule has 6 rings (SSSR count). The van der Waals surface area contributed by atoms with E-state index in [-0.39, 0.29) is 17.4 Å². The molecule has 1 atom stereocenters. The van der Waals surface area contributed by atoms with Crippen molar-refractivity contribution < 1.29 is 8.78 Å². The van der Waals surface area contributed by atoms with Crippen LogP contribution in [0.15, 0.2) is 67.0 Å². The molecule has 1 aromatic carbocycles. The van der Waals surface area contributed by atoms with Gasteiger partial charge in [0.25, 0.3) is 0 Å². The maximum atomic E-state index is 14.5. The molecule has 1 aliphatic carbocycles. The molecule has 0 saturated heterocycles. The predicted molar refractivity (Wildman–Crippen MR) is 112 cm³/mol. The topological polar surface area (TPSA) is 77.5 Å². The Balaban J connectivity index is 1.52. The average molecular weight is 430 g/mol. The van der Waals surface area contributed by atoms with Crippen LogP contribution in [0.3, 0.4) is 0 Å². The third kappa shape index (κ3) is 2.62. The highest BCUT2D eigenvalue weighted by Crippen LogP contribution is 2.41. The molecule has 0 radical (unpaired) electrons. The Hall–Kier alpha value is -4.21. The lowest BCUT2D eigenvalue weighted by molar-refractivity contribution is 0.574. The normalized spacial score (nSPS) is 16.4. The van der Waals surface area contributed by atoms with Crippen molar-refractivity contribution >= 4 is 5.82 Å². The molecule has 3 aromatic heterocycles. The molecule has 2 aliphatic rings. The molecular formula is C22H16F2N8. The molecule has 158 valence electrons. The number of imidazole rings is 1. The van der Waals surface area contributed by atoms with Gasteiger partial charge in [0.1, 0.15) is 29.5 Å². The summed E-state index contributed by atoms with van der Waals surface area (Å²) in [6.07, 6.45) is 13.3. The van der Waals surface area contributed by atoms with Gasteiger partial charge in [-0.3, -0.25) is 9.13 Å². The first-order valence-electron chi connectivity index (χ1n) is 10.1. The van der Waals surface area contributed by atoms with Crippen LogP contribution in [-0.2, 0) is 0 Å². The monoisotopic (exact) mass is 430 g/mol. The predicted octanol–water partition coefficient (Wildman–Crippen LogP) is 3.91. The van der Waals surface area contributed by atoms with Crippen LogP contribution in [0.25, 0.3) is 23.0 Å². The van der Waals surface area contributed by atoms with E-state index >= 15 is 0 Å². The van der Waals surface area contributed by atoms with Gasteiger partial charge in [0.2, 0.25) is 5.95 Å². The van der Waals surface area contributed by atoms with Crippen molar-refractivity contribution in [3.8, 4) is 23.0 Å². The molecule has 0 saturated carbocycles. The maximum absolute atomic E-state index is 14.5. The second kappa shape index (κ2) is 6.91. The number of halogens is 2. The molecule has 4 heterocycles. The molecule has 8 nitrogen and oxygen atoms in total. The molecule has 0 amide bonds. The minimum atomic E-state index is -0.707. The van der Waals surface area contributed by atoms with Crippen LogP contribution >= 0.6 is 0 Å². The number of allylic oxidation sites excluding steroid dienone is 3. The van der Waals surface area contributed by atoms with E-state index in [0.717, 1.165) is 29.7 Å². The van der Waals surface area contributed by atoms with Gasteiger partial charge in [0.15, 0.2) is 11.6 Å². The standard InChI is InChI=1S/C22H16F2N8/c1-2-17-21-29-27-12-31(21)18-11-26-22(28-20(18)32(17)14-4-3-5-14)30-9-8-25-19(30)15-7-6-13(23)10-16(15)24/h3-12,17H,2H2,1H3. The van der Waals surface area contributed by atoms with Gasteiger partial charge < -0.3 is 4.90 Å². The van der Waals surface area contributed by atoms with Crippen LogP contribution in [0.4, 0.5) is 14.6 Å². The van der Waals surface area contributed by atoms with Crippen LogP contribution in [-0.4, -0.2) is 34.3 Å². The lowest BCUT2D eigenvalue weighted by atomic mass is 10.1. The Morgan fingerprint density at radius 1 is 1.12 bits per heavy atom. The highest BCUT2D eigenvalue weighted by molar-refractivity contribution is 5.68. The van der Waals surface area contributed by atoms with Gasteiger partial charge in [0.05, 0.1) is 17.8 Å². The summed E-state index contributed by atoms with van der Waals surface area (Å²) >= 11 is 0. The Labute approximate surface area is 181 Å². The van der Waals surface area contributed by atoms with Crippen molar-refractivity contribution in [3.05, 3.63) is 84.5 Å². The third-order valence-corrected chi connectivity index (χ3v) is 5.64. The number of hydrogen-bond donors (Lipinski definition) is 0. The van der Waals surface area contributed by atoms with Crippen LogP contribution in [0, 0.1) is 11.6 Å². The van der Waals surface area contributed by atoms with Crippen molar-refractivity contribution in [2.24, 2.45) is 0 Å². The van der Waals surface area contributed by atoms with Crippen molar-refractivity contribution in [2.75, 3.05) is 4.90 Å². The highest BCUT2D eigenvalue weighted by Gasteiger charge is 2.36. The minimum absolute atomic E-state index is 0.0549. The van der Waals surface area contributed by atoms with Crippen molar-refractivity contribution in [1.82, 2.24) is 34.3 Å². The second-order valence-corrected chi connectivity index (χ2v) is 7.43. The fourth-order valence-electron chi connectivity index (χ4n) is 4.09. The van der Waals surface area contributed by atoms with Gasteiger partial charge in [-0.2, -0.15) is 4.98 Å². The van der Waals surface area contributed by atoms with Crippen molar-refractivity contribution in [1.29, 1.82) is 0 Å². The van der Waals surface area contributed by atoms with E-state index in [1.54, 1.807) is 23.3 Å². The number of rotatable bonds is 4. The Bertz CT molecular complexity index is 1420. The third-order valence-electron chi connectivity index (χ3n) is 5.64. The van der Waals surface area contributed by atoms with Crippen LogP contribution < -0.4 is 4.90 Å². The summed E-state index contributed by atoms with van der Waals surface area (Å²) < 4.78 is 31.3. The van der Waals surface area contributed by atoms with Crippen LogP contribution in [0.1, 0.15) is 25.2 Å². The molecule has 0 spiro atoms. The zero-order chi connectivity index (χ0) is 21.8. The quantitative estimate of drug-likeness (QED) is 0.489. The molecule has 1 aliphatic heterocycles. The van der Waals surface area contributed by atoms with Gasteiger partial charge in [-0.15, -0.1) is 10.2 Å². The van der Waals surface area contributed by atoms with Gasteiger partial charge in [0, 0.05) is 24.2 Å². The number of fused-ring (bicyclic) bond motifs is 3. The summed E-state index contributed by atoms with van der Waals surface area (Å²) in [6, 6.07) is 3.33. The number of nitrogens with zero attached hydrogens (tertiary/aromatic N) is 8. The molecule has 32 heavy (non-hydrogen) atoms. The van der Waals surface area contributed by atoms with Gasteiger partial charge in [-0.05, 0) is 30.7 Å². The summed E-state index contributed by atoms with van der Waals surface area (Å²) in [7, 11) is 0. The summed E-state index contributed by atoms with van der Waals surface area (Å²) in [5.41, 5.74) is 1.91. The number of aromatic nitrogens is 7. The molecule has 0 bridgehead atoms. The van der Waals surface area contributed by atoms with E-state index in [0.29, 0.717) is 11.8 Å². The minimum Gasteiger partial charge on any atom is -0.314 e. The van der Waals surface area contributed by atoms with E-state index < -0.39 is 11.6 Å². The average Bonchev–Trinajstić information content (AvgIpc) is 3.42. The summed E-state index contributed by atoms with van der Waals surface area (Å²) in [5, 5.41) is 8.41. The fourth-order valence-corrected chi connectivity index (χ4v) is 4.09. The van der Waals surface area contributed by atoms with Gasteiger partial charge in [-0.1, -0.05) is 13.0 Å². The zero-order valence-electron chi connectivity index (χ0n) is 16.9. The first kappa shape index (κ1) is 18.6. The van der Waals surface area contributed by atoms with Crippen LogP contribution in [0.5, 0.6) is 0 Å². The number of anilines is 1. The summed E-state index contributed by atoms with van der Waals surface area (Å²) in [4.78, 5) is 15.7. The Morgan fingerprint density at radius 3 is 2.75 bits per heavy atom. The van der Waals surface area contributed by atoms with Gasteiger partial charge >= 0.3 is 0 Å². The van der Waals surface area contributed by atoms with Crippen molar-refractivity contribution in [3.63, 3.8) is 0 Å². The SMILES string of the molecule is CCC1c2nncn2-c2cnc(-n3ccnc3-c3ccc(F)cc3F)nc2N1C1=CC=C1. The molecule has 0 N–H and O–H groups in total. The fraction of sp³-hybridized carbons (Fsp3) is 0.136. The summed E-state index contributed by atoms with van der Waals surface area (Å²) in [5.74, 6) is 0.743. The molecule has 10 heteroatoms. The van der Waals surface area contributed by atoms with E-state index in [9.17, 15) is 8.78 Å². The second-order valence-electron chi connectivity index (χ2n) is 7.43. The number of hydrogen-bond acceptors (Lipinski definition) is 6. The first-order chi connectivity index (χ1) is 15.7. The maximum Gasteiger partial charge on any atom is 0.237 e. The number of benzene rings is 1. The molecule has 0 fully saturated rings. The van der Waals surface area contributed by atoms with E-state index in [4.69, 9.17) is 4.98 Å². The Morgan fingerprint density at radius 2 is 2.00 bits per heavy atom. The lowest BCUT2D eigenvalue weighted by Crippen LogP contribution is -2.35. The molecular weight excluding hydrogens is 414 g/mol. The highest BCUT2D eigenvalue weighted by atomic mass is 19.1. The lowest BCUT2D eigenvalue weighted by Gasteiger charge is -2.38. The molecule has 4 aromatic rings. The Kier molecular flexibility index (Phi) is 4.00. The van der Waals surface area contributed by atoms with Gasteiger partial charge in [-0.25, -0.2) is 18.7 Å². The van der Waals surface area contributed by atoms with E-state index in [1.807, 2.05) is 22.8 Å². The summed E-state index contributed by atoms with van der Waals surface area (Å²) in [6.45, 7) is 2.08. The van der Waals surface area contributed by atoms with Crippen molar-refractivity contribution in [2.45, 2.75) is 19.4 Å².